The van der Waals surface area contributed by atoms with E-state index in [0.717, 1.165) is 32.1 Å². The van der Waals surface area contributed by atoms with Crippen molar-refractivity contribution in [2.75, 3.05) is 6.61 Å². The fourth-order valence-electron chi connectivity index (χ4n) is 5.05. The average molecular weight is 369 g/mol. The number of aliphatic hydroxyl groups is 1. The van der Waals surface area contributed by atoms with Gasteiger partial charge in [-0.15, -0.1) is 0 Å². The number of ketones is 1. The first-order valence-electron chi connectivity index (χ1n) is 10.5. The third-order valence-corrected chi connectivity index (χ3v) is 6.55. The van der Waals surface area contributed by atoms with Gasteiger partial charge in [0.15, 0.2) is 0 Å². The number of fused-ring (bicyclic) bond motifs is 1. The molecule has 2 fully saturated rings. The summed E-state index contributed by atoms with van der Waals surface area (Å²) in [4.78, 5) is 23.2. The lowest BCUT2D eigenvalue weighted by molar-refractivity contribution is -0.137. The van der Waals surface area contributed by atoms with Crippen molar-refractivity contribution in [1.82, 2.24) is 0 Å². The highest BCUT2D eigenvalue weighted by Crippen LogP contribution is 2.54. The second-order valence-corrected chi connectivity index (χ2v) is 8.37. The molecule has 2 aliphatic carbocycles. The molecule has 0 aliphatic heterocycles. The highest BCUT2D eigenvalue weighted by atomic mass is 16.5. The minimum atomic E-state index is -0.804. The molecule has 0 aromatic heterocycles. The van der Waals surface area contributed by atoms with E-state index in [1.807, 2.05) is 6.92 Å². The van der Waals surface area contributed by atoms with Gasteiger partial charge in [-0.2, -0.15) is 0 Å². The third kappa shape index (κ3) is 5.29. The van der Waals surface area contributed by atoms with Crippen LogP contribution in [0.4, 0.5) is 0 Å². The third-order valence-electron chi connectivity index (χ3n) is 6.55. The Hall–Kier alpha value is -0.940. The first-order chi connectivity index (χ1) is 12.4. The molecule has 0 saturated heterocycles. The molecule has 0 spiro atoms. The molecule has 5 nitrogen and oxygen atoms in total. The Bertz CT molecular complexity index is 477. The van der Waals surface area contributed by atoms with Crippen LogP contribution >= 0.6 is 0 Å². The van der Waals surface area contributed by atoms with E-state index in [9.17, 15) is 14.7 Å². The SMILES string of the molecule is CCCCCCC(=O)C(C)[C@@H]1CC[C@@H]2C[C@@H](OCCCC(=O)O)C[C@]21O. The second kappa shape index (κ2) is 9.84. The Morgan fingerprint density at radius 2 is 1.92 bits per heavy atom. The molecule has 2 N–H and O–H groups in total. The second-order valence-electron chi connectivity index (χ2n) is 8.37. The van der Waals surface area contributed by atoms with Crippen LogP contribution < -0.4 is 0 Å². The summed E-state index contributed by atoms with van der Waals surface area (Å²) in [6.45, 7) is 4.59. The number of rotatable bonds is 12. The summed E-state index contributed by atoms with van der Waals surface area (Å²) < 4.78 is 5.83. The van der Waals surface area contributed by atoms with Gasteiger partial charge in [-0.25, -0.2) is 0 Å². The zero-order valence-electron chi connectivity index (χ0n) is 16.4. The number of hydrogen-bond donors (Lipinski definition) is 2. The number of hydrogen-bond acceptors (Lipinski definition) is 4. The highest BCUT2D eigenvalue weighted by Gasteiger charge is 2.57. The lowest BCUT2D eigenvalue weighted by Gasteiger charge is -2.33. The zero-order valence-corrected chi connectivity index (χ0v) is 16.4. The summed E-state index contributed by atoms with van der Waals surface area (Å²) in [6.07, 6.45) is 8.97. The standard InChI is InChI=1S/C21H36O5/c1-3-4-5-6-8-19(22)15(2)18-11-10-16-13-17(14-21(16,18)25)26-12-7-9-20(23)24/h15-18,25H,3-14H2,1-2H3,(H,23,24)/t15?,16-,17-,18+,21+/m1/s1. The number of carbonyl (C=O) groups excluding carboxylic acids is 1. The summed E-state index contributed by atoms with van der Waals surface area (Å²) in [5.41, 5.74) is -0.782. The van der Waals surface area contributed by atoms with Gasteiger partial charge in [-0.3, -0.25) is 9.59 Å². The maximum atomic E-state index is 12.6. The molecule has 0 aromatic carbocycles. The number of Topliss-reactive ketones (excluding diaryl/α,β-unsaturated/α-hetero) is 1. The quantitative estimate of drug-likeness (QED) is 0.509. The smallest absolute Gasteiger partial charge is 0.303 e. The predicted octanol–water partition coefficient (Wildman–Crippen LogP) is 3.96. The van der Waals surface area contributed by atoms with Crippen LogP contribution in [0.3, 0.4) is 0 Å². The van der Waals surface area contributed by atoms with Gasteiger partial charge >= 0.3 is 5.97 Å². The van der Waals surface area contributed by atoms with Crippen molar-refractivity contribution < 1.29 is 24.5 Å². The molecule has 2 aliphatic rings. The van der Waals surface area contributed by atoms with Gasteiger partial charge in [0.1, 0.15) is 5.78 Å². The molecule has 0 radical (unpaired) electrons. The van der Waals surface area contributed by atoms with Crippen LogP contribution in [0.1, 0.15) is 84.5 Å². The van der Waals surface area contributed by atoms with E-state index in [4.69, 9.17) is 9.84 Å². The number of carboxylic acid groups (broad SMARTS) is 1. The summed E-state index contributed by atoms with van der Waals surface area (Å²) in [5.74, 6) is -0.337. The van der Waals surface area contributed by atoms with Crippen LogP contribution in [0.25, 0.3) is 0 Å². The van der Waals surface area contributed by atoms with Crippen LogP contribution in [0.2, 0.25) is 0 Å². The molecule has 1 unspecified atom stereocenters. The van der Waals surface area contributed by atoms with E-state index in [1.54, 1.807) is 0 Å². The number of carboxylic acids is 1. The lowest BCUT2D eigenvalue weighted by atomic mass is 9.76. The molecule has 26 heavy (non-hydrogen) atoms. The van der Waals surface area contributed by atoms with E-state index in [-0.39, 0.29) is 30.3 Å². The van der Waals surface area contributed by atoms with Gasteiger partial charge in [0.05, 0.1) is 11.7 Å². The molecule has 0 aromatic rings. The molecule has 5 atom stereocenters. The van der Waals surface area contributed by atoms with Gasteiger partial charge in [-0.1, -0.05) is 33.1 Å². The number of unbranched alkanes of at least 4 members (excludes halogenated alkanes) is 3. The van der Waals surface area contributed by atoms with Gasteiger partial charge in [0, 0.05) is 31.8 Å². The van der Waals surface area contributed by atoms with E-state index < -0.39 is 11.6 Å². The number of ether oxygens (including phenoxy) is 1. The zero-order chi connectivity index (χ0) is 19.2. The Labute approximate surface area is 157 Å². The Morgan fingerprint density at radius 3 is 2.62 bits per heavy atom. The summed E-state index contributed by atoms with van der Waals surface area (Å²) in [7, 11) is 0. The van der Waals surface area contributed by atoms with E-state index in [0.29, 0.717) is 31.7 Å². The van der Waals surface area contributed by atoms with Crippen LogP contribution in [-0.2, 0) is 14.3 Å². The maximum absolute atomic E-state index is 12.6. The van der Waals surface area contributed by atoms with Crippen molar-refractivity contribution >= 4 is 11.8 Å². The van der Waals surface area contributed by atoms with Gasteiger partial charge in [0.25, 0.3) is 0 Å². The van der Waals surface area contributed by atoms with Crippen molar-refractivity contribution in [3.8, 4) is 0 Å². The number of carbonyl (C=O) groups is 2. The molecule has 150 valence electrons. The summed E-state index contributed by atoms with van der Waals surface area (Å²) in [5, 5.41) is 20.0. The van der Waals surface area contributed by atoms with Gasteiger partial charge in [-0.05, 0) is 43.9 Å². The van der Waals surface area contributed by atoms with Crippen molar-refractivity contribution in [2.45, 2.75) is 96.2 Å². The molecule has 2 rings (SSSR count). The molecular weight excluding hydrogens is 332 g/mol. The average Bonchev–Trinajstić information content (AvgIpc) is 3.07. The van der Waals surface area contributed by atoms with Crippen LogP contribution in [0.15, 0.2) is 0 Å². The minimum Gasteiger partial charge on any atom is -0.481 e. The minimum absolute atomic E-state index is 0.00606. The van der Waals surface area contributed by atoms with Gasteiger partial charge < -0.3 is 14.9 Å². The van der Waals surface area contributed by atoms with E-state index in [1.165, 1.54) is 12.8 Å². The summed E-state index contributed by atoms with van der Waals surface area (Å²) >= 11 is 0. The van der Waals surface area contributed by atoms with Crippen molar-refractivity contribution in [2.24, 2.45) is 17.8 Å². The van der Waals surface area contributed by atoms with E-state index in [2.05, 4.69) is 6.92 Å². The summed E-state index contributed by atoms with van der Waals surface area (Å²) in [6, 6.07) is 0. The molecule has 0 amide bonds. The normalized spacial score (nSPS) is 31.7. The molecule has 0 heterocycles. The molecular formula is C21H36O5. The van der Waals surface area contributed by atoms with Crippen LogP contribution in [0.5, 0.6) is 0 Å². The van der Waals surface area contributed by atoms with Crippen molar-refractivity contribution in [1.29, 1.82) is 0 Å². The Balaban J connectivity index is 1.82. The Kier molecular flexibility index (Phi) is 8.08. The van der Waals surface area contributed by atoms with Crippen molar-refractivity contribution in [3.05, 3.63) is 0 Å². The first-order valence-corrected chi connectivity index (χ1v) is 10.5. The lowest BCUT2D eigenvalue weighted by Crippen LogP contribution is -2.41. The Morgan fingerprint density at radius 1 is 1.15 bits per heavy atom. The first kappa shape index (κ1) is 21.4. The maximum Gasteiger partial charge on any atom is 0.303 e. The van der Waals surface area contributed by atoms with Crippen molar-refractivity contribution in [3.63, 3.8) is 0 Å². The molecule has 0 bridgehead atoms. The molecule has 2 saturated carbocycles. The monoisotopic (exact) mass is 368 g/mol. The van der Waals surface area contributed by atoms with Gasteiger partial charge in [0.2, 0.25) is 0 Å². The van der Waals surface area contributed by atoms with E-state index >= 15 is 0 Å². The largest absolute Gasteiger partial charge is 0.481 e. The highest BCUT2D eigenvalue weighted by molar-refractivity contribution is 5.81. The fraction of sp³-hybridized carbons (Fsp3) is 0.905. The number of aliphatic carboxylic acids is 1. The fourth-order valence-corrected chi connectivity index (χ4v) is 5.05. The topological polar surface area (TPSA) is 83.8 Å². The van der Waals surface area contributed by atoms with Crippen LogP contribution in [-0.4, -0.2) is 40.3 Å². The molecule has 5 heteroatoms. The predicted molar refractivity (Wildman–Crippen MR) is 99.9 cm³/mol. The van der Waals surface area contributed by atoms with Crippen LogP contribution in [0, 0.1) is 17.8 Å².